The second kappa shape index (κ2) is 6.27. The Balaban J connectivity index is 1.78. The highest BCUT2D eigenvalue weighted by molar-refractivity contribution is 6.00. The normalized spacial score (nSPS) is 14.3. The Morgan fingerprint density at radius 1 is 1.24 bits per heavy atom. The zero-order valence-corrected chi connectivity index (χ0v) is 14.1. The molecule has 8 heteroatoms. The van der Waals surface area contributed by atoms with E-state index in [4.69, 9.17) is 0 Å². The van der Waals surface area contributed by atoms with Gasteiger partial charge in [-0.05, 0) is 25.5 Å². The Morgan fingerprint density at radius 2 is 1.96 bits per heavy atom. The van der Waals surface area contributed by atoms with E-state index in [1.54, 1.807) is 18.2 Å². The van der Waals surface area contributed by atoms with Crippen molar-refractivity contribution in [1.82, 2.24) is 19.7 Å². The minimum Gasteiger partial charge on any atom is -0.480 e. The van der Waals surface area contributed by atoms with Crippen molar-refractivity contribution < 1.29 is 19.1 Å². The predicted octanol–water partition coefficient (Wildman–Crippen LogP) is 1.46. The molecule has 0 radical (unpaired) electrons. The summed E-state index contributed by atoms with van der Waals surface area (Å²) in [5.41, 5.74) is -0.957. The van der Waals surface area contributed by atoms with Crippen LogP contribution in [0.1, 0.15) is 31.1 Å². The van der Waals surface area contributed by atoms with E-state index in [-0.39, 0.29) is 12.4 Å². The van der Waals surface area contributed by atoms with Crippen LogP contribution in [-0.2, 0) is 29.1 Å². The molecule has 25 heavy (non-hydrogen) atoms. The van der Waals surface area contributed by atoms with Gasteiger partial charge in [0.25, 0.3) is 0 Å². The van der Waals surface area contributed by atoms with E-state index in [9.17, 15) is 19.1 Å². The van der Waals surface area contributed by atoms with Crippen LogP contribution in [0, 0.1) is 11.2 Å². The molecular formula is C17H19FN4O3. The number of hydrogen-bond donors (Lipinski definition) is 1. The van der Waals surface area contributed by atoms with Crippen molar-refractivity contribution in [1.29, 1.82) is 0 Å². The molecular weight excluding hydrogens is 327 g/mol. The molecule has 1 aromatic heterocycles. The van der Waals surface area contributed by atoms with Gasteiger partial charge in [0.05, 0.1) is 6.54 Å². The molecule has 0 saturated heterocycles. The molecule has 3 rings (SSSR count). The number of carbonyl (C=O) groups is 2. The SMILES string of the molecule is CC(C)(C(=O)O)C(=O)N1CCn2c(Cc3ccccc3F)nnc2C1. The third-order valence-electron chi connectivity index (χ3n) is 4.49. The summed E-state index contributed by atoms with van der Waals surface area (Å²) in [6.45, 7) is 3.79. The number of benzene rings is 1. The molecule has 0 unspecified atom stereocenters. The fourth-order valence-corrected chi connectivity index (χ4v) is 2.82. The number of nitrogens with zero attached hydrogens (tertiary/aromatic N) is 4. The lowest BCUT2D eigenvalue weighted by Gasteiger charge is -2.32. The first kappa shape index (κ1) is 17.1. The lowest BCUT2D eigenvalue weighted by atomic mass is 9.91. The van der Waals surface area contributed by atoms with Gasteiger partial charge in [-0.1, -0.05) is 18.2 Å². The van der Waals surface area contributed by atoms with Crippen LogP contribution in [0.25, 0.3) is 0 Å². The van der Waals surface area contributed by atoms with Gasteiger partial charge < -0.3 is 14.6 Å². The number of halogens is 1. The minimum absolute atomic E-state index is 0.194. The molecule has 1 aromatic carbocycles. The predicted molar refractivity (Wildman–Crippen MR) is 86.1 cm³/mol. The van der Waals surface area contributed by atoms with E-state index >= 15 is 0 Å². The average molecular weight is 346 g/mol. The van der Waals surface area contributed by atoms with E-state index in [1.807, 2.05) is 4.57 Å². The molecule has 1 N–H and O–H groups in total. The highest BCUT2D eigenvalue weighted by Crippen LogP contribution is 2.23. The number of aromatic nitrogens is 3. The number of carbonyl (C=O) groups excluding carboxylic acids is 1. The van der Waals surface area contributed by atoms with Gasteiger partial charge in [-0.25, -0.2) is 4.39 Å². The smallest absolute Gasteiger partial charge is 0.318 e. The second-order valence-electron chi connectivity index (χ2n) is 6.61. The summed E-state index contributed by atoms with van der Waals surface area (Å²) in [5.74, 6) is -0.706. The molecule has 0 spiro atoms. The molecule has 7 nitrogen and oxygen atoms in total. The first-order valence-electron chi connectivity index (χ1n) is 7.98. The van der Waals surface area contributed by atoms with Crippen molar-refractivity contribution in [3.8, 4) is 0 Å². The van der Waals surface area contributed by atoms with Crippen LogP contribution in [0.4, 0.5) is 4.39 Å². The maximum absolute atomic E-state index is 13.8. The number of amides is 1. The van der Waals surface area contributed by atoms with Gasteiger partial charge in [0.2, 0.25) is 5.91 Å². The molecule has 0 saturated carbocycles. The second-order valence-corrected chi connectivity index (χ2v) is 6.61. The first-order chi connectivity index (χ1) is 11.8. The van der Waals surface area contributed by atoms with Crippen LogP contribution in [0.5, 0.6) is 0 Å². The van der Waals surface area contributed by atoms with E-state index < -0.39 is 17.3 Å². The molecule has 1 aliphatic rings. The number of hydrogen-bond acceptors (Lipinski definition) is 4. The first-order valence-corrected chi connectivity index (χ1v) is 7.98. The average Bonchev–Trinajstić information content (AvgIpc) is 2.98. The quantitative estimate of drug-likeness (QED) is 0.847. The van der Waals surface area contributed by atoms with Crippen LogP contribution in [0.3, 0.4) is 0 Å². The maximum Gasteiger partial charge on any atom is 0.318 e. The van der Waals surface area contributed by atoms with Gasteiger partial charge in [-0.2, -0.15) is 0 Å². The van der Waals surface area contributed by atoms with Crippen LogP contribution < -0.4 is 0 Å². The summed E-state index contributed by atoms with van der Waals surface area (Å²) < 4.78 is 15.7. The molecule has 1 aliphatic heterocycles. The van der Waals surface area contributed by atoms with E-state index in [2.05, 4.69) is 10.2 Å². The summed E-state index contributed by atoms with van der Waals surface area (Å²) in [7, 11) is 0. The monoisotopic (exact) mass is 346 g/mol. The largest absolute Gasteiger partial charge is 0.480 e. The van der Waals surface area contributed by atoms with Crippen molar-refractivity contribution >= 4 is 11.9 Å². The molecule has 2 heterocycles. The Labute approximate surface area is 144 Å². The topological polar surface area (TPSA) is 88.3 Å². The lowest BCUT2D eigenvalue weighted by molar-refractivity contribution is -0.159. The standard InChI is InChI=1S/C17H19FN4O3/c1-17(2,16(24)25)15(23)21-7-8-22-13(19-20-14(22)10-21)9-11-5-3-4-6-12(11)18/h3-6H,7-10H2,1-2H3,(H,24,25). The summed E-state index contributed by atoms with van der Waals surface area (Å²) in [4.78, 5) is 25.2. The number of fused-ring (bicyclic) bond motifs is 1. The highest BCUT2D eigenvalue weighted by Gasteiger charge is 2.40. The molecule has 0 atom stereocenters. The van der Waals surface area contributed by atoms with E-state index in [0.29, 0.717) is 36.7 Å². The van der Waals surface area contributed by atoms with Crippen molar-refractivity contribution in [3.63, 3.8) is 0 Å². The molecule has 0 bridgehead atoms. The van der Waals surface area contributed by atoms with Gasteiger partial charge in [0.15, 0.2) is 5.82 Å². The number of rotatable bonds is 4. The summed E-state index contributed by atoms with van der Waals surface area (Å²) >= 11 is 0. The number of carboxylic acid groups (broad SMARTS) is 1. The van der Waals surface area contributed by atoms with Crippen LogP contribution >= 0.6 is 0 Å². The van der Waals surface area contributed by atoms with Crippen molar-refractivity contribution in [2.75, 3.05) is 6.54 Å². The molecule has 0 fully saturated rings. The van der Waals surface area contributed by atoms with Crippen molar-refractivity contribution in [2.45, 2.75) is 33.4 Å². The fourth-order valence-electron chi connectivity index (χ4n) is 2.82. The van der Waals surface area contributed by atoms with Gasteiger partial charge in [0.1, 0.15) is 17.1 Å². The van der Waals surface area contributed by atoms with Gasteiger partial charge >= 0.3 is 5.97 Å². The van der Waals surface area contributed by atoms with Gasteiger partial charge in [0, 0.05) is 19.5 Å². The van der Waals surface area contributed by atoms with Crippen LogP contribution in [0.15, 0.2) is 24.3 Å². The van der Waals surface area contributed by atoms with Crippen molar-refractivity contribution in [3.05, 3.63) is 47.3 Å². The van der Waals surface area contributed by atoms with E-state index in [1.165, 1.54) is 24.8 Å². The summed E-state index contributed by atoms with van der Waals surface area (Å²) in [6, 6.07) is 6.49. The summed E-state index contributed by atoms with van der Waals surface area (Å²) in [6.07, 6.45) is 0.314. The number of carboxylic acids is 1. The third-order valence-corrected chi connectivity index (χ3v) is 4.49. The van der Waals surface area contributed by atoms with Crippen molar-refractivity contribution in [2.24, 2.45) is 5.41 Å². The maximum atomic E-state index is 13.8. The Morgan fingerprint density at radius 3 is 2.64 bits per heavy atom. The number of aliphatic carboxylic acids is 1. The van der Waals surface area contributed by atoms with Gasteiger partial charge in [-0.15, -0.1) is 10.2 Å². The Kier molecular flexibility index (Phi) is 4.28. The molecule has 132 valence electrons. The van der Waals surface area contributed by atoms with Gasteiger partial charge in [-0.3, -0.25) is 9.59 Å². The zero-order chi connectivity index (χ0) is 18.2. The zero-order valence-electron chi connectivity index (χ0n) is 14.1. The third kappa shape index (κ3) is 3.11. The Bertz CT molecular complexity index is 831. The van der Waals surface area contributed by atoms with E-state index in [0.717, 1.165) is 0 Å². The fraction of sp³-hybridized carbons (Fsp3) is 0.412. The van der Waals surface area contributed by atoms with Crippen LogP contribution in [0.2, 0.25) is 0 Å². The summed E-state index contributed by atoms with van der Waals surface area (Å²) in [5, 5.41) is 17.4. The Hall–Kier alpha value is -2.77. The minimum atomic E-state index is -1.49. The highest BCUT2D eigenvalue weighted by atomic mass is 19.1. The molecule has 2 aromatic rings. The lowest BCUT2D eigenvalue weighted by Crippen LogP contribution is -2.48. The molecule has 1 amide bonds. The molecule has 0 aliphatic carbocycles. The van der Waals surface area contributed by atoms with Crippen LogP contribution in [-0.4, -0.2) is 43.2 Å².